The van der Waals surface area contributed by atoms with Gasteiger partial charge in [-0.15, -0.1) is 0 Å². The van der Waals surface area contributed by atoms with Gasteiger partial charge in [0.1, 0.15) is 0 Å². The molecule has 0 atom stereocenters. The van der Waals surface area contributed by atoms with E-state index < -0.39 is 5.41 Å². The third-order valence-electron chi connectivity index (χ3n) is 1.92. The summed E-state index contributed by atoms with van der Waals surface area (Å²) in [5.41, 5.74) is 0.610. The maximum absolute atomic E-state index is 11.6. The number of amides is 1. The number of carbonyl (C=O) groups is 1. The minimum atomic E-state index is -0.444. The molecule has 1 amide bonds. The van der Waals surface area contributed by atoms with Crippen LogP contribution < -0.4 is 5.32 Å². The van der Waals surface area contributed by atoms with Crippen LogP contribution in [-0.4, -0.2) is 12.2 Å². The Morgan fingerprint density at radius 3 is 2.53 bits per heavy atom. The standard InChI is InChI=1S/C12H14NO2/c1-12(2,3)11(15)13-10-6-4-5-9(7-10)8-14/h4-7H,1-3H3,(H,13,15). The minimum absolute atomic E-state index is 0.0782. The number of nitrogens with one attached hydrogen (secondary N) is 1. The Morgan fingerprint density at radius 2 is 2.00 bits per heavy atom. The molecule has 1 aromatic carbocycles. The topological polar surface area (TPSA) is 46.2 Å². The Morgan fingerprint density at radius 1 is 1.33 bits per heavy atom. The molecule has 15 heavy (non-hydrogen) atoms. The van der Waals surface area contributed by atoms with Crippen LogP contribution in [0.2, 0.25) is 0 Å². The van der Waals surface area contributed by atoms with Crippen molar-refractivity contribution in [1.82, 2.24) is 0 Å². The number of anilines is 1. The molecule has 0 spiro atoms. The lowest BCUT2D eigenvalue weighted by molar-refractivity contribution is -0.123. The van der Waals surface area contributed by atoms with Gasteiger partial charge in [0.25, 0.3) is 0 Å². The lowest BCUT2D eigenvalue weighted by Crippen LogP contribution is -2.27. The Bertz CT molecular complexity index is 377. The van der Waals surface area contributed by atoms with Gasteiger partial charge in [0.05, 0.1) is 0 Å². The van der Waals surface area contributed by atoms with Gasteiger partial charge < -0.3 is 5.32 Å². The highest BCUT2D eigenvalue weighted by molar-refractivity contribution is 5.95. The Kier molecular flexibility index (Phi) is 3.24. The lowest BCUT2D eigenvalue weighted by Gasteiger charge is -2.17. The molecule has 0 fully saturated rings. The summed E-state index contributed by atoms with van der Waals surface area (Å²) in [5, 5.41) is 2.74. The second-order valence-electron chi connectivity index (χ2n) is 4.39. The molecule has 0 aliphatic carbocycles. The van der Waals surface area contributed by atoms with E-state index in [1.807, 2.05) is 20.8 Å². The van der Waals surface area contributed by atoms with Gasteiger partial charge in [-0.05, 0) is 12.1 Å². The van der Waals surface area contributed by atoms with Crippen LogP contribution in [0.25, 0.3) is 0 Å². The fraction of sp³-hybridized carbons (Fsp3) is 0.333. The summed E-state index contributed by atoms with van der Waals surface area (Å²) in [6, 6.07) is 6.68. The van der Waals surface area contributed by atoms with Crippen molar-refractivity contribution in [2.45, 2.75) is 20.8 Å². The van der Waals surface area contributed by atoms with Crippen molar-refractivity contribution in [1.29, 1.82) is 0 Å². The Labute approximate surface area is 89.5 Å². The molecule has 0 aliphatic heterocycles. The Balaban J connectivity index is 2.81. The molecule has 0 aromatic heterocycles. The molecule has 3 nitrogen and oxygen atoms in total. The number of rotatable bonds is 2. The van der Waals surface area contributed by atoms with E-state index in [4.69, 9.17) is 0 Å². The van der Waals surface area contributed by atoms with Crippen LogP contribution >= 0.6 is 0 Å². The molecule has 0 saturated carbocycles. The molecule has 1 aromatic rings. The van der Waals surface area contributed by atoms with Crippen LogP contribution in [0.15, 0.2) is 24.3 Å². The molecule has 0 saturated heterocycles. The number of carbonyl (C=O) groups excluding carboxylic acids is 2. The van der Waals surface area contributed by atoms with E-state index in [1.165, 1.54) is 0 Å². The smallest absolute Gasteiger partial charge is 0.233 e. The van der Waals surface area contributed by atoms with Crippen molar-refractivity contribution in [2.75, 3.05) is 5.32 Å². The van der Waals surface area contributed by atoms with Crippen LogP contribution in [-0.2, 0) is 9.59 Å². The fourth-order valence-electron chi connectivity index (χ4n) is 0.979. The maximum atomic E-state index is 11.6. The van der Waals surface area contributed by atoms with Gasteiger partial charge in [-0.1, -0.05) is 32.9 Å². The highest BCUT2D eigenvalue weighted by Crippen LogP contribution is 2.17. The average molecular weight is 204 g/mol. The molecular weight excluding hydrogens is 190 g/mol. The van der Waals surface area contributed by atoms with Crippen molar-refractivity contribution in [3.63, 3.8) is 0 Å². The van der Waals surface area contributed by atoms with E-state index in [-0.39, 0.29) is 5.91 Å². The van der Waals surface area contributed by atoms with Crippen molar-refractivity contribution < 1.29 is 9.59 Å². The number of benzene rings is 1. The first-order valence-electron chi connectivity index (χ1n) is 4.73. The fourth-order valence-corrected chi connectivity index (χ4v) is 0.979. The molecular formula is C12H14NO2. The zero-order valence-electron chi connectivity index (χ0n) is 9.13. The van der Waals surface area contributed by atoms with Crippen LogP contribution in [0, 0.1) is 5.41 Å². The summed E-state index contributed by atoms with van der Waals surface area (Å²) < 4.78 is 0. The van der Waals surface area contributed by atoms with Crippen molar-refractivity contribution >= 4 is 17.9 Å². The average Bonchev–Trinajstić information content (AvgIpc) is 2.16. The second-order valence-corrected chi connectivity index (χ2v) is 4.39. The van der Waals surface area contributed by atoms with Crippen molar-refractivity contribution in [3.05, 3.63) is 29.8 Å². The first-order valence-corrected chi connectivity index (χ1v) is 4.73. The SMILES string of the molecule is CC(C)(C)C(=O)Nc1cccc([C]=O)c1. The van der Waals surface area contributed by atoms with E-state index in [9.17, 15) is 9.59 Å². The van der Waals surface area contributed by atoms with Gasteiger partial charge >= 0.3 is 0 Å². The molecule has 0 unspecified atom stereocenters. The summed E-state index contributed by atoms with van der Waals surface area (Å²) in [6.07, 6.45) is 1.78. The Hall–Kier alpha value is -1.64. The van der Waals surface area contributed by atoms with Crippen molar-refractivity contribution in [3.8, 4) is 0 Å². The third-order valence-corrected chi connectivity index (χ3v) is 1.92. The first kappa shape index (κ1) is 11.4. The summed E-state index contributed by atoms with van der Waals surface area (Å²) in [7, 11) is 0. The number of hydrogen-bond acceptors (Lipinski definition) is 2. The number of hydrogen-bond donors (Lipinski definition) is 1. The van der Waals surface area contributed by atoms with E-state index >= 15 is 0 Å². The predicted octanol–water partition coefficient (Wildman–Crippen LogP) is 2.13. The third kappa shape index (κ3) is 3.20. The molecule has 0 aliphatic rings. The largest absolute Gasteiger partial charge is 0.326 e. The van der Waals surface area contributed by atoms with Crippen LogP contribution in [0.4, 0.5) is 5.69 Å². The monoisotopic (exact) mass is 204 g/mol. The zero-order chi connectivity index (χ0) is 11.5. The van der Waals surface area contributed by atoms with Gasteiger partial charge in [-0.25, -0.2) is 0 Å². The summed E-state index contributed by atoms with van der Waals surface area (Å²) in [6.45, 7) is 5.49. The normalized spacial score (nSPS) is 10.9. The van der Waals surface area contributed by atoms with Gasteiger partial charge in [0.2, 0.25) is 12.2 Å². The van der Waals surface area contributed by atoms with Gasteiger partial charge in [0.15, 0.2) is 0 Å². The summed E-state index contributed by atoms with van der Waals surface area (Å²) >= 11 is 0. The maximum Gasteiger partial charge on any atom is 0.233 e. The molecule has 79 valence electrons. The minimum Gasteiger partial charge on any atom is -0.326 e. The van der Waals surface area contributed by atoms with Crippen molar-refractivity contribution in [2.24, 2.45) is 5.41 Å². The molecule has 1 radical (unpaired) electrons. The van der Waals surface area contributed by atoms with Crippen LogP contribution in [0.5, 0.6) is 0 Å². The highest BCUT2D eigenvalue weighted by atomic mass is 16.2. The summed E-state index contributed by atoms with van der Waals surface area (Å²) in [4.78, 5) is 22.0. The molecule has 3 heteroatoms. The molecule has 1 rings (SSSR count). The second kappa shape index (κ2) is 4.26. The van der Waals surface area contributed by atoms with Crippen LogP contribution in [0.3, 0.4) is 0 Å². The van der Waals surface area contributed by atoms with E-state index in [0.717, 1.165) is 0 Å². The highest BCUT2D eigenvalue weighted by Gasteiger charge is 2.20. The van der Waals surface area contributed by atoms with E-state index in [2.05, 4.69) is 5.32 Å². The van der Waals surface area contributed by atoms with E-state index in [0.29, 0.717) is 11.3 Å². The van der Waals surface area contributed by atoms with Crippen LogP contribution in [0.1, 0.15) is 26.3 Å². The molecule has 0 bridgehead atoms. The summed E-state index contributed by atoms with van der Waals surface area (Å²) in [5.74, 6) is -0.0782. The van der Waals surface area contributed by atoms with Gasteiger partial charge in [-0.3, -0.25) is 9.59 Å². The quantitative estimate of drug-likeness (QED) is 0.802. The first-order chi connectivity index (χ1) is 6.93. The van der Waals surface area contributed by atoms with Gasteiger partial charge in [-0.2, -0.15) is 0 Å². The zero-order valence-corrected chi connectivity index (χ0v) is 9.13. The molecule has 1 N–H and O–H groups in total. The van der Waals surface area contributed by atoms with E-state index in [1.54, 1.807) is 30.6 Å². The molecule has 0 heterocycles. The predicted molar refractivity (Wildman–Crippen MR) is 59.3 cm³/mol. The van der Waals surface area contributed by atoms with Gasteiger partial charge in [0, 0.05) is 16.7 Å². The lowest BCUT2D eigenvalue weighted by atomic mass is 9.95.